The van der Waals surface area contributed by atoms with Gasteiger partial charge >= 0.3 is 6.03 Å². The lowest BCUT2D eigenvalue weighted by molar-refractivity contribution is -0.136. The van der Waals surface area contributed by atoms with Crippen molar-refractivity contribution < 1.29 is 14.3 Å². The third-order valence-corrected chi connectivity index (χ3v) is 7.78. The second-order valence-corrected chi connectivity index (χ2v) is 9.63. The SMILES string of the molecule is COCCCN1C(=O)N(Cc2ccccn2)C(=O)C12CCN(C1CCSCC1)CC2. The minimum atomic E-state index is -0.709. The molecule has 0 radical (unpaired) electrons. The minimum Gasteiger partial charge on any atom is -0.385 e. The number of hydrogen-bond acceptors (Lipinski definition) is 6. The Balaban J connectivity index is 1.51. The van der Waals surface area contributed by atoms with E-state index >= 15 is 0 Å². The van der Waals surface area contributed by atoms with E-state index in [0.717, 1.165) is 25.2 Å². The number of carbonyl (C=O) groups excluding carboxylic acids is 2. The topological polar surface area (TPSA) is 66.0 Å². The third kappa shape index (κ3) is 4.22. The number of aromatic nitrogens is 1. The number of piperidine rings is 1. The van der Waals surface area contributed by atoms with Crippen LogP contribution in [0, 0.1) is 0 Å². The predicted octanol–water partition coefficient (Wildman–Crippen LogP) is 2.61. The standard InChI is InChI=1S/C22H32N4O3S/c1-29-14-4-11-26-21(28)25(17-18-5-2-3-10-23-18)20(27)22(26)8-12-24(13-9-22)19-6-15-30-16-7-19/h2-3,5,10,19H,4,6-9,11-17H2,1H3. The number of carbonyl (C=O) groups is 2. The summed E-state index contributed by atoms with van der Waals surface area (Å²) in [4.78, 5) is 37.1. The number of hydrogen-bond donors (Lipinski definition) is 0. The van der Waals surface area contributed by atoms with Crippen LogP contribution >= 0.6 is 11.8 Å². The Labute approximate surface area is 183 Å². The van der Waals surface area contributed by atoms with Gasteiger partial charge in [0.2, 0.25) is 0 Å². The summed E-state index contributed by atoms with van der Waals surface area (Å²) in [6.07, 6.45) is 6.33. The molecule has 4 rings (SSSR count). The van der Waals surface area contributed by atoms with Crippen molar-refractivity contribution in [3.8, 4) is 0 Å². The van der Waals surface area contributed by atoms with E-state index < -0.39 is 5.54 Å². The molecule has 0 aromatic carbocycles. The number of pyridine rings is 1. The van der Waals surface area contributed by atoms with Crippen LogP contribution in [0.1, 0.15) is 37.8 Å². The molecule has 7 nitrogen and oxygen atoms in total. The fourth-order valence-electron chi connectivity index (χ4n) is 5.05. The second-order valence-electron chi connectivity index (χ2n) is 8.40. The van der Waals surface area contributed by atoms with E-state index in [9.17, 15) is 9.59 Å². The summed E-state index contributed by atoms with van der Waals surface area (Å²) in [5, 5.41) is 0. The lowest BCUT2D eigenvalue weighted by Gasteiger charge is -2.45. The molecule has 3 amide bonds. The summed E-state index contributed by atoms with van der Waals surface area (Å²) >= 11 is 2.04. The van der Waals surface area contributed by atoms with Crippen molar-refractivity contribution in [3.63, 3.8) is 0 Å². The first-order valence-corrected chi connectivity index (χ1v) is 12.2. The number of urea groups is 1. The Bertz CT molecular complexity index is 733. The third-order valence-electron chi connectivity index (χ3n) is 6.73. The number of thioether (sulfide) groups is 1. The highest BCUT2D eigenvalue weighted by molar-refractivity contribution is 7.99. The lowest BCUT2D eigenvalue weighted by Crippen LogP contribution is -2.58. The quantitative estimate of drug-likeness (QED) is 0.487. The zero-order valence-electron chi connectivity index (χ0n) is 17.8. The molecule has 3 aliphatic rings. The van der Waals surface area contributed by atoms with Gasteiger partial charge in [-0.2, -0.15) is 11.8 Å². The van der Waals surface area contributed by atoms with Gasteiger partial charge in [0.05, 0.1) is 12.2 Å². The van der Waals surface area contributed by atoms with Gasteiger partial charge in [0, 0.05) is 45.6 Å². The van der Waals surface area contributed by atoms with E-state index in [-0.39, 0.29) is 18.5 Å². The van der Waals surface area contributed by atoms with Crippen molar-refractivity contribution in [2.45, 2.75) is 50.2 Å². The lowest BCUT2D eigenvalue weighted by atomic mass is 9.84. The largest absolute Gasteiger partial charge is 0.385 e. The van der Waals surface area contributed by atoms with E-state index in [2.05, 4.69) is 9.88 Å². The zero-order valence-corrected chi connectivity index (χ0v) is 18.6. The molecule has 1 aromatic rings. The molecule has 0 atom stereocenters. The van der Waals surface area contributed by atoms with Crippen LogP contribution in [-0.4, -0.2) is 88.1 Å². The van der Waals surface area contributed by atoms with Gasteiger partial charge in [-0.1, -0.05) is 6.07 Å². The number of nitrogens with zero attached hydrogens (tertiary/aromatic N) is 4. The van der Waals surface area contributed by atoms with Crippen LogP contribution in [0.25, 0.3) is 0 Å². The normalized spacial score (nSPS) is 23.0. The molecule has 164 valence electrons. The number of imide groups is 1. The van der Waals surface area contributed by atoms with Gasteiger partial charge < -0.3 is 14.5 Å². The monoisotopic (exact) mass is 432 g/mol. The number of amides is 3. The Kier molecular flexibility index (Phi) is 6.95. The molecule has 3 fully saturated rings. The van der Waals surface area contributed by atoms with Crippen molar-refractivity contribution in [3.05, 3.63) is 30.1 Å². The summed E-state index contributed by atoms with van der Waals surface area (Å²) in [6.45, 7) is 3.14. The highest BCUT2D eigenvalue weighted by atomic mass is 32.2. The minimum absolute atomic E-state index is 0.0468. The average molecular weight is 433 g/mol. The van der Waals surface area contributed by atoms with Gasteiger partial charge in [-0.05, 0) is 55.7 Å². The molecule has 0 bridgehead atoms. The molecule has 0 N–H and O–H groups in total. The summed E-state index contributed by atoms with van der Waals surface area (Å²) < 4.78 is 5.20. The number of likely N-dealkylation sites (tertiary alicyclic amines) is 1. The molecule has 3 aliphatic heterocycles. The number of rotatable bonds is 7. The van der Waals surface area contributed by atoms with Gasteiger partial charge in [0.25, 0.3) is 5.91 Å². The molecular weight excluding hydrogens is 400 g/mol. The van der Waals surface area contributed by atoms with Crippen molar-refractivity contribution in [2.75, 3.05) is 44.9 Å². The fraction of sp³-hybridized carbons (Fsp3) is 0.682. The smallest absolute Gasteiger partial charge is 0.328 e. The van der Waals surface area contributed by atoms with E-state index in [4.69, 9.17) is 4.74 Å². The van der Waals surface area contributed by atoms with E-state index in [1.165, 1.54) is 29.2 Å². The molecule has 1 spiro atoms. The first-order chi connectivity index (χ1) is 14.7. The van der Waals surface area contributed by atoms with Crippen LogP contribution in [-0.2, 0) is 16.1 Å². The molecule has 0 unspecified atom stereocenters. The molecule has 8 heteroatoms. The van der Waals surface area contributed by atoms with Crippen molar-refractivity contribution in [1.82, 2.24) is 19.7 Å². The van der Waals surface area contributed by atoms with Crippen molar-refractivity contribution >= 4 is 23.7 Å². The second kappa shape index (κ2) is 9.66. The summed E-state index contributed by atoms with van der Waals surface area (Å²) in [5.41, 5.74) is 0.0321. The van der Waals surface area contributed by atoms with Crippen LogP contribution in [0.3, 0.4) is 0 Å². The highest BCUT2D eigenvalue weighted by Crippen LogP contribution is 2.39. The van der Waals surface area contributed by atoms with E-state index in [0.29, 0.717) is 32.0 Å². The molecule has 4 heterocycles. The van der Waals surface area contributed by atoms with Crippen molar-refractivity contribution in [1.29, 1.82) is 0 Å². The van der Waals surface area contributed by atoms with Crippen LogP contribution in [0.15, 0.2) is 24.4 Å². The van der Waals surface area contributed by atoms with Crippen LogP contribution < -0.4 is 0 Å². The number of ether oxygens (including phenoxy) is 1. The summed E-state index contributed by atoms with van der Waals surface area (Å²) in [6, 6.07) is 6.05. The molecule has 0 saturated carbocycles. The van der Waals surface area contributed by atoms with E-state index in [1.54, 1.807) is 13.3 Å². The van der Waals surface area contributed by atoms with Gasteiger partial charge in [0.15, 0.2) is 0 Å². The van der Waals surface area contributed by atoms with Gasteiger partial charge in [-0.25, -0.2) is 4.79 Å². The summed E-state index contributed by atoms with van der Waals surface area (Å²) in [7, 11) is 1.67. The first kappa shape index (κ1) is 21.6. The molecule has 30 heavy (non-hydrogen) atoms. The zero-order chi connectivity index (χ0) is 21.0. The number of methoxy groups -OCH3 is 1. The summed E-state index contributed by atoms with van der Waals surface area (Å²) in [5.74, 6) is 2.41. The molecule has 3 saturated heterocycles. The Morgan fingerprint density at radius 2 is 1.97 bits per heavy atom. The predicted molar refractivity (Wildman–Crippen MR) is 117 cm³/mol. The van der Waals surface area contributed by atoms with Gasteiger partial charge in [0.1, 0.15) is 5.54 Å². The first-order valence-electron chi connectivity index (χ1n) is 11.0. The van der Waals surface area contributed by atoms with Crippen LogP contribution in [0.5, 0.6) is 0 Å². The Morgan fingerprint density at radius 1 is 1.20 bits per heavy atom. The van der Waals surface area contributed by atoms with Crippen LogP contribution in [0.2, 0.25) is 0 Å². The molecule has 1 aromatic heterocycles. The fourth-order valence-corrected chi connectivity index (χ4v) is 6.13. The Hall–Kier alpha value is -1.64. The van der Waals surface area contributed by atoms with Gasteiger partial charge in [-0.3, -0.25) is 14.7 Å². The highest BCUT2D eigenvalue weighted by Gasteiger charge is 2.57. The van der Waals surface area contributed by atoms with E-state index in [1.807, 2.05) is 34.9 Å². The molecule has 0 aliphatic carbocycles. The molecular formula is C22H32N4O3S. The maximum absolute atomic E-state index is 13.6. The van der Waals surface area contributed by atoms with Gasteiger partial charge in [-0.15, -0.1) is 0 Å². The van der Waals surface area contributed by atoms with Crippen molar-refractivity contribution in [2.24, 2.45) is 0 Å². The Morgan fingerprint density at radius 3 is 2.63 bits per heavy atom. The van der Waals surface area contributed by atoms with Crippen LogP contribution in [0.4, 0.5) is 4.79 Å². The average Bonchev–Trinajstić information content (AvgIpc) is 2.97. The maximum atomic E-state index is 13.6. The maximum Gasteiger partial charge on any atom is 0.328 e.